The fourth-order valence-electron chi connectivity index (χ4n) is 2.21. The van der Waals surface area contributed by atoms with Crippen LogP contribution in [0.15, 0.2) is 54.0 Å². The van der Waals surface area contributed by atoms with Crippen molar-refractivity contribution in [2.75, 3.05) is 11.9 Å². The second-order valence-electron chi connectivity index (χ2n) is 5.32. The average Bonchev–Trinajstić information content (AvgIpc) is 3.03. The van der Waals surface area contributed by atoms with Gasteiger partial charge in [0.25, 0.3) is 0 Å². The van der Waals surface area contributed by atoms with Crippen LogP contribution in [0.1, 0.15) is 11.4 Å². The lowest BCUT2D eigenvalue weighted by Gasteiger charge is -2.08. The van der Waals surface area contributed by atoms with Gasteiger partial charge < -0.3 is 10.6 Å². The van der Waals surface area contributed by atoms with Crippen molar-refractivity contribution in [3.05, 3.63) is 65.4 Å². The zero-order valence-corrected chi connectivity index (χ0v) is 14.1. The van der Waals surface area contributed by atoms with Crippen molar-refractivity contribution >= 4 is 23.1 Å². The Hall–Kier alpha value is -2.73. The summed E-state index contributed by atoms with van der Waals surface area (Å²) in [4.78, 5) is 20.6. The van der Waals surface area contributed by atoms with Gasteiger partial charge in [-0.15, -0.1) is 11.3 Å². The first-order valence-electron chi connectivity index (χ1n) is 7.68. The minimum absolute atomic E-state index is 0.219. The van der Waals surface area contributed by atoms with Gasteiger partial charge >= 0.3 is 6.03 Å². The monoisotopic (exact) mass is 338 g/mol. The maximum absolute atomic E-state index is 11.9. The largest absolute Gasteiger partial charge is 0.337 e. The van der Waals surface area contributed by atoms with E-state index in [9.17, 15) is 4.79 Å². The van der Waals surface area contributed by atoms with E-state index >= 15 is 0 Å². The first-order valence-corrected chi connectivity index (χ1v) is 8.56. The number of benzene rings is 1. The molecule has 0 aliphatic rings. The number of nitrogens with zero attached hydrogens (tertiary/aromatic N) is 2. The molecule has 0 saturated heterocycles. The quantitative estimate of drug-likeness (QED) is 0.742. The normalized spacial score (nSPS) is 10.4. The van der Waals surface area contributed by atoms with E-state index in [4.69, 9.17) is 0 Å². The second-order valence-corrected chi connectivity index (χ2v) is 6.18. The fraction of sp³-hybridized carbons (Fsp3) is 0.167. The van der Waals surface area contributed by atoms with Gasteiger partial charge in [0.1, 0.15) is 5.01 Å². The molecule has 0 fully saturated rings. The Kier molecular flexibility index (Phi) is 5.18. The Morgan fingerprint density at radius 1 is 1.17 bits per heavy atom. The lowest BCUT2D eigenvalue weighted by atomic mass is 10.2. The van der Waals surface area contributed by atoms with E-state index < -0.39 is 0 Å². The van der Waals surface area contributed by atoms with Gasteiger partial charge in [-0.3, -0.25) is 4.98 Å². The molecule has 0 aliphatic heterocycles. The number of thiazole rings is 1. The Balaban J connectivity index is 1.49. The highest BCUT2D eigenvalue weighted by Gasteiger charge is 2.05. The molecule has 2 aromatic heterocycles. The van der Waals surface area contributed by atoms with Crippen LogP contribution in [0.25, 0.3) is 10.6 Å². The minimum atomic E-state index is -0.219. The van der Waals surface area contributed by atoms with Gasteiger partial charge in [0.15, 0.2) is 0 Å². The van der Waals surface area contributed by atoms with Gasteiger partial charge in [-0.2, -0.15) is 0 Å². The van der Waals surface area contributed by atoms with Crippen LogP contribution < -0.4 is 10.6 Å². The summed E-state index contributed by atoms with van der Waals surface area (Å²) in [6.07, 6.45) is 2.46. The molecule has 2 heterocycles. The van der Waals surface area contributed by atoms with Crippen LogP contribution in [-0.2, 0) is 6.42 Å². The number of carbonyl (C=O) groups is 1. The Morgan fingerprint density at radius 3 is 2.67 bits per heavy atom. The predicted molar refractivity (Wildman–Crippen MR) is 97.2 cm³/mol. The molecule has 0 aliphatic carbocycles. The summed E-state index contributed by atoms with van der Waals surface area (Å²) < 4.78 is 0. The number of rotatable bonds is 5. The maximum Gasteiger partial charge on any atom is 0.319 e. The lowest BCUT2D eigenvalue weighted by Crippen LogP contribution is -2.30. The van der Waals surface area contributed by atoms with Gasteiger partial charge in [0.2, 0.25) is 0 Å². The van der Waals surface area contributed by atoms with E-state index in [1.807, 2.05) is 54.8 Å². The van der Waals surface area contributed by atoms with Crippen LogP contribution in [0.2, 0.25) is 0 Å². The van der Waals surface area contributed by atoms with Crippen molar-refractivity contribution in [1.29, 1.82) is 0 Å². The molecule has 0 bridgehead atoms. The first-order chi connectivity index (χ1) is 11.7. The maximum atomic E-state index is 11.9. The third-order valence-corrected chi connectivity index (χ3v) is 4.41. The molecule has 0 saturated carbocycles. The highest BCUT2D eigenvalue weighted by molar-refractivity contribution is 7.13. The third kappa shape index (κ3) is 4.39. The van der Waals surface area contributed by atoms with E-state index in [2.05, 4.69) is 20.6 Å². The molecule has 24 heavy (non-hydrogen) atoms. The van der Waals surface area contributed by atoms with Crippen LogP contribution in [0, 0.1) is 6.92 Å². The molecule has 122 valence electrons. The molecule has 1 aromatic carbocycles. The van der Waals surface area contributed by atoms with Gasteiger partial charge in [-0.1, -0.05) is 6.07 Å². The molecule has 2 amide bonds. The molecular weight excluding hydrogens is 320 g/mol. The third-order valence-electron chi connectivity index (χ3n) is 3.40. The second kappa shape index (κ2) is 7.70. The molecule has 5 nitrogen and oxygen atoms in total. The van der Waals surface area contributed by atoms with Crippen LogP contribution in [0.5, 0.6) is 0 Å². The van der Waals surface area contributed by atoms with Crippen molar-refractivity contribution in [2.24, 2.45) is 0 Å². The first kappa shape index (κ1) is 16.1. The average molecular weight is 338 g/mol. The number of urea groups is 1. The summed E-state index contributed by atoms with van der Waals surface area (Å²) in [5, 5.41) is 8.66. The fourth-order valence-corrected chi connectivity index (χ4v) is 3.01. The van der Waals surface area contributed by atoms with E-state index in [0.717, 1.165) is 27.6 Å². The van der Waals surface area contributed by atoms with E-state index in [-0.39, 0.29) is 6.03 Å². The number of hydrogen-bond acceptors (Lipinski definition) is 4. The smallest absolute Gasteiger partial charge is 0.319 e. The van der Waals surface area contributed by atoms with Crippen molar-refractivity contribution in [2.45, 2.75) is 13.3 Å². The SMILES string of the molecule is Cc1csc(-c2ccc(NC(=O)NCCc3ccccn3)cc2)n1. The molecule has 0 radical (unpaired) electrons. The van der Waals surface area contributed by atoms with Crippen molar-refractivity contribution in [1.82, 2.24) is 15.3 Å². The van der Waals surface area contributed by atoms with Crippen LogP contribution in [-0.4, -0.2) is 22.5 Å². The highest BCUT2D eigenvalue weighted by atomic mass is 32.1. The number of pyridine rings is 1. The highest BCUT2D eigenvalue weighted by Crippen LogP contribution is 2.24. The molecular formula is C18H18N4OS. The zero-order chi connectivity index (χ0) is 16.8. The van der Waals surface area contributed by atoms with Crippen LogP contribution >= 0.6 is 11.3 Å². The summed E-state index contributed by atoms with van der Waals surface area (Å²) in [5.41, 5.74) is 3.78. The number of carbonyl (C=O) groups excluding carboxylic acids is 1. The van der Waals surface area contributed by atoms with E-state index in [1.165, 1.54) is 0 Å². The Labute approximate surface area is 144 Å². The van der Waals surface area contributed by atoms with Crippen molar-refractivity contribution in [3.63, 3.8) is 0 Å². The summed E-state index contributed by atoms with van der Waals surface area (Å²) >= 11 is 1.61. The number of nitrogens with one attached hydrogen (secondary N) is 2. The summed E-state index contributed by atoms with van der Waals surface area (Å²) in [6, 6.07) is 13.2. The minimum Gasteiger partial charge on any atom is -0.337 e. The lowest BCUT2D eigenvalue weighted by molar-refractivity contribution is 0.252. The molecule has 0 unspecified atom stereocenters. The van der Waals surface area contributed by atoms with Crippen molar-refractivity contribution in [3.8, 4) is 10.6 Å². The molecule has 0 spiro atoms. The molecule has 6 heteroatoms. The van der Waals surface area contributed by atoms with E-state index in [1.54, 1.807) is 17.5 Å². The summed E-state index contributed by atoms with van der Waals surface area (Å²) in [7, 11) is 0. The number of hydrogen-bond donors (Lipinski definition) is 2. The van der Waals surface area contributed by atoms with Crippen LogP contribution in [0.3, 0.4) is 0 Å². The predicted octanol–water partition coefficient (Wildman–Crippen LogP) is 3.88. The van der Waals surface area contributed by atoms with Gasteiger partial charge in [-0.25, -0.2) is 9.78 Å². The summed E-state index contributed by atoms with van der Waals surface area (Å²) in [5.74, 6) is 0. The molecule has 3 rings (SSSR count). The standard InChI is InChI=1S/C18H18N4OS/c1-13-12-24-17(21-13)14-5-7-16(8-6-14)22-18(23)20-11-9-15-4-2-3-10-19-15/h2-8,10,12H,9,11H2,1H3,(H2,20,22,23). The number of aryl methyl sites for hydroxylation is 1. The topological polar surface area (TPSA) is 66.9 Å². The number of anilines is 1. The van der Waals surface area contributed by atoms with Gasteiger partial charge in [0, 0.05) is 47.2 Å². The number of aromatic nitrogens is 2. The molecule has 2 N–H and O–H groups in total. The zero-order valence-electron chi connectivity index (χ0n) is 13.3. The summed E-state index contributed by atoms with van der Waals surface area (Å²) in [6.45, 7) is 2.52. The van der Waals surface area contributed by atoms with Crippen LogP contribution in [0.4, 0.5) is 10.5 Å². The molecule has 3 aromatic rings. The van der Waals surface area contributed by atoms with Gasteiger partial charge in [0.05, 0.1) is 0 Å². The molecule has 0 atom stereocenters. The Morgan fingerprint density at radius 2 is 2.00 bits per heavy atom. The van der Waals surface area contributed by atoms with Crippen molar-refractivity contribution < 1.29 is 4.79 Å². The number of amides is 2. The Bertz CT molecular complexity index is 799. The van der Waals surface area contributed by atoms with E-state index in [0.29, 0.717) is 13.0 Å². The van der Waals surface area contributed by atoms with Gasteiger partial charge in [-0.05, 0) is 43.3 Å².